The van der Waals surface area contributed by atoms with Crippen LogP contribution in [0.4, 0.5) is 0 Å². The van der Waals surface area contributed by atoms with Crippen molar-refractivity contribution in [2.24, 2.45) is 5.92 Å². The number of nitrogens with one attached hydrogen (secondary N) is 1. The third kappa shape index (κ3) is 4.76. The molecule has 9 heteroatoms. The van der Waals surface area contributed by atoms with Gasteiger partial charge in [0.1, 0.15) is 13.2 Å². The number of amides is 1. The molecule has 1 aromatic rings. The van der Waals surface area contributed by atoms with Crippen LogP contribution in [-0.2, 0) is 14.8 Å². The van der Waals surface area contributed by atoms with E-state index in [1.54, 1.807) is 12.1 Å². The number of benzene rings is 1. The number of ether oxygens (including phenoxy) is 2. The van der Waals surface area contributed by atoms with Gasteiger partial charge in [-0.2, -0.15) is 4.31 Å². The summed E-state index contributed by atoms with van der Waals surface area (Å²) >= 11 is 0. The molecule has 1 aromatic carbocycles. The maximum atomic E-state index is 13.0. The Morgan fingerprint density at radius 1 is 1.07 bits per heavy atom. The van der Waals surface area contributed by atoms with E-state index in [0.717, 1.165) is 0 Å². The van der Waals surface area contributed by atoms with Gasteiger partial charge in [0, 0.05) is 38.3 Å². The molecular weight excluding hydrogens is 382 g/mol. The SMILES string of the molecule is CC(C)[C@@H](C)NC(=O)CN1CCN(S(=O)(=O)c2ccc3c(c2)OCCO3)CC1. The zero-order chi connectivity index (χ0) is 20.3. The van der Waals surface area contributed by atoms with Crippen molar-refractivity contribution in [3.05, 3.63) is 18.2 Å². The molecule has 1 N–H and O–H groups in total. The van der Waals surface area contributed by atoms with Crippen molar-refractivity contribution >= 4 is 15.9 Å². The summed E-state index contributed by atoms with van der Waals surface area (Å²) in [6, 6.07) is 4.83. The van der Waals surface area contributed by atoms with Crippen molar-refractivity contribution < 1.29 is 22.7 Å². The van der Waals surface area contributed by atoms with E-state index in [2.05, 4.69) is 19.2 Å². The van der Waals surface area contributed by atoms with Crippen LogP contribution < -0.4 is 14.8 Å². The Morgan fingerprint density at radius 2 is 1.71 bits per heavy atom. The molecule has 8 nitrogen and oxygen atoms in total. The Labute approximate surface area is 166 Å². The number of sulfonamides is 1. The van der Waals surface area contributed by atoms with Crippen molar-refractivity contribution in [1.29, 1.82) is 0 Å². The fourth-order valence-electron chi connectivity index (χ4n) is 3.13. The smallest absolute Gasteiger partial charge is 0.243 e. The third-order valence-corrected chi connectivity index (χ3v) is 7.13. The van der Waals surface area contributed by atoms with Crippen molar-refractivity contribution in [3.8, 4) is 11.5 Å². The number of rotatable bonds is 6. The lowest BCUT2D eigenvalue weighted by Gasteiger charge is -2.34. The van der Waals surface area contributed by atoms with Crippen LogP contribution in [0.15, 0.2) is 23.1 Å². The largest absolute Gasteiger partial charge is 0.486 e. The molecule has 0 unspecified atom stereocenters. The van der Waals surface area contributed by atoms with E-state index in [1.807, 2.05) is 11.8 Å². The monoisotopic (exact) mass is 411 g/mol. The first kappa shape index (κ1) is 20.9. The highest BCUT2D eigenvalue weighted by atomic mass is 32.2. The quantitative estimate of drug-likeness (QED) is 0.749. The minimum atomic E-state index is -3.61. The Balaban J connectivity index is 1.57. The number of nitrogens with zero attached hydrogens (tertiary/aromatic N) is 2. The van der Waals surface area contributed by atoms with Crippen LogP contribution in [0, 0.1) is 5.92 Å². The number of hydrogen-bond donors (Lipinski definition) is 1. The van der Waals surface area contributed by atoms with Gasteiger partial charge in [-0.1, -0.05) is 13.8 Å². The highest BCUT2D eigenvalue weighted by Gasteiger charge is 2.30. The number of carbonyl (C=O) groups excluding carboxylic acids is 1. The normalized spacial score (nSPS) is 19.4. The van der Waals surface area contributed by atoms with Crippen LogP contribution in [0.2, 0.25) is 0 Å². The fraction of sp³-hybridized carbons (Fsp3) is 0.632. The number of carbonyl (C=O) groups is 1. The van der Waals surface area contributed by atoms with Crippen molar-refractivity contribution in [2.45, 2.75) is 31.7 Å². The highest BCUT2D eigenvalue weighted by Crippen LogP contribution is 2.33. The molecule has 0 aromatic heterocycles. The lowest BCUT2D eigenvalue weighted by molar-refractivity contribution is -0.123. The van der Waals surface area contributed by atoms with E-state index in [-0.39, 0.29) is 23.4 Å². The molecule has 2 aliphatic heterocycles. The number of fused-ring (bicyclic) bond motifs is 1. The van der Waals surface area contributed by atoms with Crippen LogP contribution in [0.1, 0.15) is 20.8 Å². The molecule has 28 heavy (non-hydrogen) atoms. The van der Waals surface area contributed by atoms with Gasteiger partial charge in [-0.15, -0.1) is 0 Å². The summed E-state index contributed by atoms with van der Waals surface area (Å²) in [6.07, 6.45) is 0. The van der Waals surface area contributed by atoms with Crippen LogP contribution in [0.3, 0.4) is 0 Å². The van der Waals surface area contributed by atoms with Gasteiger partial charge >= 0.3 is 0 Å². The van der Waals surface area contributed by atoms with Gasteiger partial charge in [-0.05, 0) is 25.0 Å². The molecule has 0 spiro atoms. The zero-order valence-electron chi connectivity index (χ0n) is 16.7. The predicted molar refractivity (Wildman–Crippen MR) is 105 cm³/mol. The molecule has 2 heterocycles. The topological polar surface area (TPSA) is 88.2 Å². The highest BCUT2D eigenvalue weighted by molar-refractivity contribution is 7.89. The van der Waals surface area contributed by atoms with Gasteiger partial charge in [-0.25, -0.2) is 8.42 Å². The summed E-state index contributed by atoms with van der Waals surface area (Å²) in [5.41, 5.74) is 0. The summed E-state index contributed by atoms with van der Waals surface area (Å²) < 4.78 is 38.3. The first-order valence-corrected chi connectivity index (χ1v) is 11.1. The van der Waals surface area contributed by atoms with E-state index in [9.17, 15) is 13.2 Å². The van der Waals surface area contributed by atoms with Crippen LogP contribution in [0.5, 0.6) is 11.5 Å². The molecule has 1 amide bonds. The Bertz CT molecular complexity index is 804. The maximum Gasteiger partial charge on any atom is 0.243 e. The average molecular weight is 412 g/mol. The molecule has 0 saturated carbocycles. The molecule has 0 bridgehead atoms. The second-order valence-corrected chi connectivity index (χ2v) is 9.52. The summed E-state index contributed by atoms with van der Waals surface area (Å²) in [4.78, 5) is 14.3. The number of hydrogen-bond acceptors (Lipinski definition) is 6. The molecule has 1 fully saturated rings. The summed E-state index contributed by atoms with van der Waals surface area (Å²) in [6.45, 7) is 9.01. The summed E-state index contributed by atoms with van der Waals surface area (Å²) in [5, 5.41) is 2.98. The van der Waals surface area contributed by atoms with Crippen LogP contribution in [-0.4, -0.2) is 75.5 Å². The second-order valence-electron chi connectivity index (χ2n) is 7.59. The Morgan fingerprint density at radius 3 is 2.36 bits per heavy atom. The maximum absolute atomic E-state index is 13.0. The van der Waals surface area contributed by atoms with E-state index in [0.29, 0.717) is 56.8 Å². The van der Waals surface area contributed by atoms with Gasteiger partial charge in [0.2, 0.25) is 15.9 Å². The zero-order valence-corrected chi connectivity index (χ0v) is 17.5. The van der Waals surface area contributed by atoms with Gasteiger partial charge in [0.05, 0.1) is 11.4 Å². The van der Waals surface area contributed by atoms with Gasteiger partial charge in [-0.3, -0.25) is 9.69 Å². The van der Waals surface area contributed by atoms with Gasteiger partial charge < -0.3 is 14.8 Å². The summed E-state index contributed by atoms with van der Waals surface area (Å²) in [5.74, 6) is 1.37. The molecule has 3 rings (SSSR count). The van der Waals surface area contributed by atoms with Gasteiger partial charge in [0.15, 0.2) is 11.5 Å². The lowest BCUT2D eigenvalue weighted by Crippen LogP contribution is -2.51. The van der Waals surface area contributed by atoms with Crippen LogP contribution in [0.25, 0.3) is 0 Å². The standard InChI is InChI=1S/C19H29N3O5S/c1-14(2)15(3)20-19(23)13-21-6-8-22(9-7-21)28(24,25)16-4-5-17-18(12-16)27-11-10-26-17/h4-5,12,14-15H,6-11,13H2,1-3H3,(H,20,23)/t15-/m1/s1. The average Bonchev–Trinajstić information content (AvgIpc) is 2.67. The third-order valence-electron chi connectivity index (χ3n) is 5.24. The van der Waals surface area contributed by atoms with Crippen molar-refractivity contribution in [2.75, 3.05) is 45.9 Å². The van der Waals surface area contributed by atoms with Gasteiger partial charge in [0.25, 0.3) is 0 Å². The minimum Gasteiger partial charge on any atom is -0.486 e. The lowest BCUT2D eigenvalue weighted by atomic mass is 10.1. The molecule has 0 radical (unpaired) electrons. The van der Waals surface area contributed by atoms with E-state index < -0.39 is 10.0 Å². The predicted octanol–water partition coefficient (Wildman–Crippen LogP) is 0.925. The number of piperazine rings is 1. The Hall–Kier alpha value is -1.84. The van der Waals surface area contributed by atoms with E-state index >= 15 is 0 Å². The van der Waals surface area contributed by atoms with Crippen molar-refractivity contribution in [3.63, 3.8) is 0 Å². The van der Waals surface area contributed by atoms with Crippen LogP contribution >= 0.6 is 0 Å². The second kappa shape index (κ2) is 8.67. The molecule has 1 saturated heterocycles. The first-order valence-electron chi connectivity index (χ1n) is 9.69. The fourth-order valence-corrected chi connectivity index (χ4v) is 4.57. The molecule has 0 aliphatic carbocycles. The summed E-state index contributed by atoms with van der Waals surface area (Å²) in [7, 11) is -3.61. The molecule has 156 valence electrons. The molecular formula is C19H29N3O5S. The first-order chi connectivity index (χ1) is 13.3. The molecule has 2 aliphatic rings. The Kier molecular flexibility index (Phi) is 6.47. The van der Waals surface area contributed by atoms with Crippen molar-refractivity contribution in [1.82, 2.24) is 14.5 Å². The minimum absolute atomic E-state index is 0.0238. The molecule has 1 atom stereocenters. The van der Waals surface area contributed by atoms with E-state index in [4.69, 9.17) is 9.47 Å². The van der Waals surface area contributed by atoms with E-state index in [1.165, 1.54) is 10.4 Å².